The third-order valence-corrected chi connectivity index (χ3v) is 4.47. The number of benzene rings is 1. The second-order valence-corrected chi connectivity index (χ2v) is 6.14. The maximum Gasteiger partial charge on any atom is 0.0401 e. The zero-order chi connectivity index (χ0) is 12.7. The minimum absolute atomic E-state index is 0.598. The predicted molar refractivity (Wildman–Crippen MR) is 77.2 cm³/mol. The Balaban J connectivity index is 1.85. The number of hydrogen-bond donors (Lipinski definition) is 1. The van der Waals surface area contributed by atoms with Crippen LogP contribution < -0.4 is 10.2 Å². The smallest absolute Gasteiger partial charge is 0.0401 e. The van der Waals surface area contributed by atoms with Crippen molar-refractivity contribution in [3.63, 3.8) is 0 Å². The summed E-state index contributed by atoms with van der Waals surface area (Å²) in [6.07, 6.45) is 2.85. The first-order valence-electron chi connectivity index (χ1n) is 7.22. The summed E-state index contributed by atoms with van der Waals surface area (Å²) in [6.45, 7) is 9.05. The lowest BCUT2D eigenvalue weighted by Crippen LogP contribution is -2.56. The molecule has 2 unspecified atom stereocenters. The number of piperazine rings is 1. The molecule has 1 aliphatic heterocycles. The number of hydrogen-bond acceptors (Lipinski definition) is 2. The quantitative estimate of drug-likeness (QED) is 0.860. The first kappa shape index (κ1) is 12.0. The van der Waals surface area contributed by atoms with Gasteiger partial charge in [0, 0.05) is 30.9 Å². The fourth-order valence-corrected chi connectivity index (χ4v) is 3.07. The minimum atomic E-state index is 0.598. The van der Waals surface area contributed by atoms with Gasteiger partial charge in [0.15, 0.2) is 0 Å². The van der Waals surface area contributed by atoms with E-state index in [4.69, 9.17) is 0 Å². The minimum Gasteiger partial charge on any atom is -0.366 e. The Hall–Kier alpha value is -1.02. The second kappa shape index (κ2) is 4.58. The van der Waals surface area contributed by atoms with E-state index < -0.39 is 0 Å². The van der Waals surface area contributed by atoms with E-state index in [-0.39, 0.29) is 0 Å². The van der Waals surface area contributed by atoms with Crippen molar-refractivity contribution in [3.8, 4) is 0 Å². The standard InChI is InChI=1S/C16H24N2/c1-11-4-5-12(2)16(8-11)18-10-15(14-6-7-14)17-9-13(18)3/h4-5,8,13-15,17H,6-7,9-10H2,1-3H3. The Labute approximate surface area is 110 Å². The summed E-state index contributed by atoms with van der Waals surface area (Å²) < 4.78 is 0. The van der Waals surface area contributed by atoms with E-state index in [0.717, 1.165) is 12.5 Å². The monoisotopic (exact) mass is 244 g/mol. The van der Waals surface area contributed by atoms with Crippen LogP contribution in [0.15, 0.2) is 18.2 Å². The van der Waals surface area contributed by atoms with E-state index in [0.29, 0.717) is 12.1 Å². The fraction of sp³-hybridized carbons (Fsp3) is 0.625. The molecule has 2 fully saturated rings. The van der Waals surface area contributed by atoms with E-state index in [9.17, 15) is 0 Å². The second-order valence-electron chi connectivity index (χ2n) is 6.14. The highest BCUT2D eigenvalue weighted by molar-refractivity contribution is 5.56. The zero-order valence-electron chi connectivity index (χ0n) is 11.7. The van der Waals surface area contributed by atoms with Gasteiger partial charge in [-0.25, -0.2) is 0 Å². The predicted octanol–water partition coefficient (Wildman–Crippen LogP) is 2.88. The van der Waals surface area contributed by atoms with E-state index in [1.54, 1.807) is 0 Å². The Kier molecular flexibility index (Phi) is 3.06. The van der Waals surface area contributed by atoms with E-state index in [2.05, 4.69) is 49.2 Å². The van der Waals surface area contributed by atoms with Gasteiger partial charge < -0.3 is 10.2 Å². The van der Waals surface area contributed by atoms with Crippen LogP contribution in [0.3, 0.4) is 0 Å². The van der Waals surface area contributed by atoms with Gasteiger partial charge in [-0.3, -0.25) is 0 Å². The summed E-state index contributed by atoms with van der Waals surface area (Å²) >= 11 is 0. The van der Waals surface area contributed by atoms with Crippen LogP contribution in [0.5, 0.6) is 0 Å². The van der Waals surface area contributed by atoms with Crippen molar-refractivity contribution in [1.29, 1.82) is 0 Å². The highest BCUT2D eigenvalue weighted by Crippen LogP contribution is 2.35. The summed E-state index contributed by atoms with van der Waals surface area (Å²) in [7, 11) is 0. The molecule has 2 nitrogen and oxygen atoms in total. The molecule has 0 amide bonds. The van der Waals surface area contributed by atoms with E-state index in [1.165, 1.54) is 36.2 Å². The lowest BCUT2D eigenvalue weighted by atomic mass is 10.0. The largest absolute Gasteiger partial charge is 0.366 e. The van der Waals surface area contributed by atoms with Crippen LogP contribution in [-0.4, -0.2) is 25.2 Å². The van der Waals surface area contributed by atoms with Gasteiger partial charge in [-0.05, 0) is 56.7 Å². The molecule has 0 radical (unpaired) electrons. The Morgan fingerprint density at radius 1 is 1.22 bits per heavy atom. The average molecular weight is 244 g/mol. The Morgan fingerprint density at radius 3 is 2.72 bits per heavy atom. The number of aryl methyl sites for hydroxylation is 2. The third-order valence-electron chi connectivity index (χ3n) is 4.47. The number of anilines is 1. The summed E-state index contributed by atoms with van der Waals surface area (Å²) in [6, 6.07) is 8.12. The van der Waals surface area contributed by atoms with Crippen LogP contribution >= 0.6 is 0 Å². The van der Waals surface area contributed by atoms with Crippen molar-refractivity contribution in [3.05, 3.63) is 29.3 Å². The molecule has 1 saturated carbocycles. The molecule has 18 heavy (non-hydrogen) atoms. The third kappa shape index (κ3) is 2.26. The van der Waals surface area contributed by atoms with Crippen LogP contribution in [0.1, 0.15) is 30.9 Å². The summed E-state index contributed by atoms with van der Waals surface area (Å²) in [5, 5.41) is 3.72. The van der Waals surface area contributed by atoms with Gasteiger partial charge >= 0.3 is 0 Å². The van der Waals surface area contributed by atoms with Crippen molar-refractivity contribution in [1.82, 2.24) is 5.32 Å². The topological polar surface area (TPSA) is 15.3 Å². The molecular formula is C16H24N2. The van der Waals surface area contributed by atoms with Crippen LogP contribution in [0.25, 0.3) is 0 Å². The Morgan fingerprint density at radius 2 is 2.00 bits per heavy atom. The van der Waals surface area contributed by atoms with Gasteiger partial charge in [0.05, 0.1) is 0 Å². The van der Waals surface area contributed by atoms with Crippen molar-refractivity contribution in [2.24, 2.45) is 5.92 Å². The number of nitrogens with zero attached hydrogens (tertiary/aromatic N) is 1. The lowest BCUT2D eigenvalue weighted by molar-refractivity contribution is 0.375. The first-order chi connectivity index (χ1) is 8.65. The van der Waals surface area contributed by atoms with Gasteiger partial charge in [0.1, 0.15) is 0 Å². The molecule has 1 saturated heterocycles. The van der Waals surface area contributed by atoms with Crippen LogP contribution in [-0.2, 0) is 0 Å². The first-order valence-corrected chi connectivity index (χ1v) is 7.22. The normalized spacial score (nSPS) is 28.5. The van der Waals surface area contributed by atoms with Crippen molar-refractivity contribution >= 4 is 5.69 Å². The number of rotatable bonds is 2. The van der Waals surface area contributed by atoms with E-state index in [1.807, 2.05) is 0 Å². The van der Waals surface area contributed by atoms with Crippen molar-refractivity contribution in [2.75, 3.05) is 18.0 Å². The van der Waals surface area contributed by atoms with Crippen LogP contribution in [0.4, 0.5) is 5.69 Å². The molecule has 0 aromatic heterocycles. The summed E-state index contributed by atoms with van der Waals surface area (Å²) in [5.41, 5.74) is 4.21. The van der Waals surface area contributed by atoms with E-state index >= 15 is 0 Å². The van der Waals surface area contributed by atoms with Gasteiger partial charge in [0.2, 0.25) is 0 Å². The summed E-state index contributed by atoms with van der Waals surface area (Å²) in [4.78, 5) is 2.61. The van der Waals surface area contributed by atoms with Gasteiger partial charge in [0.25, 0.3) is 0 Å². The highest BCUT2D eigenvalue weighted by atomic mass is 15.2. The molecule has 1 heterocycles. The molecule has 1 N–H and O–H groups in total. The SMILES string of the molecule is Cc1ccc(C)c(N2CC(C3CC3)NCC2C)c1. The lowest BCUT2D eigenvalue weighted by Gasteiger charge is -2.41. The molecule has 3 rings (SSSR count). The molecule has 1 aromatic rings. The molecule has 1 aliphatic carbocycles. The van der Waals surface area contributed by atoms with Crippen LogP contribution in [0.2, 0.25) is 0 Å². The highest BCUT2D eigenvalue weighted by Gasteiger charge is 2.36. The van der Waals surface area contributed by atoms with Gasteiger partial charge in [-0.15, -0.1) is 0 Å². The molecular weight excluding hydrogens is 220 g/mol. The van der Waals surface area contributed by atoms with Crippen LogP contribution in [0, 0.1) is 19.8 Å². The molecule has 0 bridgehead atoms. The molecule has 2 atom stereocenters. The maximum atomic E-state index is 3.72. The number of nitrogens with one attached hydrogen (secondary N) is 1. The average Bonchev–Trinajstić information content (AvgIpc) is 3.17. The van der Waals surface area contributed by atoms with Gasteiger partial charge in [-0.1, -0.05) is 12.1 Å². The fourth-order valence-electron chi connectivity index (χ4n) is 3.07. The molecule has 1 aromatic carbocycles. The van der Waals surface area contributed by atoms with Gasteiger partial charge in [-0.2, -0.15) is 0 Å². The van der Waals surface area contributed by atoms with Crippen molar-refractivity contribution < 1.29 is 0 Å². The molecule has 2 aliphatic rings. The zero-order valence-corrected chi connectivity index (χ0v) is 11.7. The Bertz CT molecular complexity index is 437. The molecule has 98 valence electrons. The van der Waals surface area contributed by atoms with Crippen molar-refractivity contribution in [2.45, 2.75) is 45.7 Å². The molecule has 0 spiro atoms. The maximum absolute atomic E-state index is 3.72. The summed E-state index contributed by atoms with van der Waals surface area (Å²) in [5.74, 6) is 0.935. The molecule has 2 heteroatoms.